The van der Waals surface area contributed by atoms with Crippen molar-refractivity contribution in [3.05, 3.63) is 108 Å². The van der Waals surface area contributed by atoms with Crippen LogP contribution in [-0.2, 0) is 6.42 Å². The smallest absolute Gasteiger partial charge is 0.114 e. The fourth-order valence-electron chi connectivity index (χ4n) is 3.97. The largest absolute Gasteiger partial charge is 0.296 e. The molecule has 0 bridgehead atoms. The Bertz CT molecular complexity index is 1330. The molecule has 0 aliphatic rings. The standard InChI is InChI=1S/C27H21ClN2/c1-2-27-29-25-12-5-6-13-26(25)30(27)22-16-14-19(15-17-22)20-8-7-9-21(18-20)23-10-3-4-11-24(23)28/h3-18H,2H2,1H3. The molecular formula is C27H21ClN2. The predicted octanol–water partition coefficient (Wildman–Crippen LogP) is 7.58. The van der Waals surface area contributed by atoms with Gasteiger partial charge in [0.25, 0.3) is 0 Å². The fourth-order valence-corrected chi connectivity index (χ4v) is 4.21. The first-order chi connectivity index (χ1) is 14.7. The van der Waals surface area contributed by atoms with Crippen molar-refractivity contribution in [3.8, 4) is 27.9 Å². The highest BCUT2D eigenvalue weighted by atomic mass is 35.5. The van der Waals surface area contributed by atoms with Crippen LogP contribution in [0.2, 0.25) is 5.02 Å². The molecule has 3 heteroatoms. The molecule has 1 aromatic heterocycles. The van der Waals surface area contributed by atoms with Crippen molar-refractivity contribution in [1.29, 1.82) is 0 Å². The second-order valence-electron chi connectivity index (χ2n) is 7.31. The van der Waals surface area contributed by atoms with Gasteiger partial charge < -0.3 is 0 Å². The van der Waals surface area contributed by atoms with Crippen LogP contribution in [0.25, 0.3) is 39.0 Å². The molecule has 0 aliphatic heterocycles. The lowest BCUT2D eigenvalue weighted by atomic mass is 9.99. The third-order valence-electron chi connectivity index (χ3n) is 5.45. The van der Waals surface area contributed by atoms with Gasteiger partial charge in [0.1, 0.15) is 5.82 Å². The first-order valence-electron chi connectivity index (χ1n) is 10.2. The Morgan fingerprint density at radius 3 is 2.27 bits per heavy atom. The van der Waals surface area contributed by atoms with E-state index in [2.05, 4.69) is 84.3 Å². The Hall–Kier alpha value is -3.36. The second kappa shape index (κ2) is 7.81. The average molecular weight is 409 g/mol. The number of fused-ring (bicyclic) bond motifs is 1. The van der Waals surface area contributed by atoms with Crippen LogP contribution in [0, 0.1) is 0 Å². The van der Waals surface area contributed by atoms with Crippen molar-refractivity contribution in [2.24, 2.45) is 0 Å². The summed E-state index contributed by atoms with van der Waals surface area (Å²) >= 11 is 6.40. The van der Waals surface area contributed by atoms with Crippen LogP contribution in [0.3, 0.4) is 0 Å². The number of nitrogens with zero attached hydrogens (tertiary/aromatic N) is 2. The van der Waals surface area contributed by atoms with E-state index >= 15 is 0 Å². The first-order valence-corrected chi connectivity index (χ1v) is 10.5. The lowest BCUT2D eigenvalue weighted by Gasteiger charge is -2.11. The molecule has 5 rings (SSSR count). The lowest BCUT2D eigenvalue weighted by Crippen LogP contribution is -1.99. The molecule has 0 saturated heterocycles. The molecule has 0 saturated carbocycles. The van der Waals surface area contributed by atoms with Crippen molar-refractivity contribution in [2.75, 3.05) is 0 Å². The van der Waals surface area contributed by atoms with Gasteiger partial charge in [0.2, 0.25) is 0 Å². The number of para-hydroxylation sites is 2. The minimum Gasteiger partial charge on any atom is -0.296 e. The van der Waals surface area contributed by atoms with Gasteiger partial charge in [0.15, 0.2) is 0 Å². The monoisotopic (exact) mass is 408 g/mol. The molecule has 1 heterocycles. The summed E-state index contributed by atoms with van der Waals surface area (Å²) in [7, 11) is 0. The minimum absolute atomic E-state index is 0.768. The van der Waals surface area contributed by atoms with Crippen LogP contribution in [0.5, 0.6) is 0 Å². The van der Waals surface area contributed by atoms with E-state index in [0.29, 0.717) is 0 Å². The zero-order valence-electron chi connectivity index (χ0n) is 16.7. The molecule has 0 atom stereocenters. The zero-order chi connectivity index (χ0) is 20.5. The maximum Gasteiger partial charge on any atom is 0.114 e. The van der Waals surface area contributed by atoms with Gasteiger partial charge in [-0.25, -0.2) is 4.98 Å². The van der Waals surface area contributed by atoms with E-state index in [1.54, 1.807) is 0 Å². The van der Waals surface area contributed by atoms with E-state index < -0.39 is 0 Å². The number of hydrogen-bond donors (Lipinski definition) is 0. The topological polar surface area (TPSA) is 17.8 Å². The van der Waals surface area contributed by atoms with E-state index in [1.807, 2.05) is 24.3 Å². The van der Waals surface area contributed by atoms with Crippen molar-refractivity contribution in [2.45, 2.75) is 13.3 Å². The van der Waals surface area contributed by atoms with E-state index in [-0.39, 0.29) is 0 Å². The Labute approximate surface area is 181 Å². The van der Waals surface area contributed by atoms with Crippen LogP contribution in [-0.4, -0.2) is 9.55 Å². The number of benzene rings is 4. The Balaban J connectivity index is 1.54. The normalized spacial score (nSPS) is 11.1. The molecule has 0 unspecified atom stereocenters. The van der Waals surface area contributed by atoms with Crippen LogP contribution in [0.1, 0.15) is 12.7 Å². The van der Waals surface area contributed by atoms with Gasteiger partial charge in [0, 0.05) is 22.7 Å². The van der Waals surface area contributed by atoms with Gasteiger partial charge in [-0.2, -0.15) is 0 Å². The van der Waals surface area contributed by atoms with Gasteiger partial charge in [0.05, 0.1) is 11.0 Å². The predicted molar refractivity (Wildman–Crippen MR) is 126 cm³/mol. The molecule has 5 aromatic rings. The summed E-state index contributed by atoms with van der Waals surface area (Å²) in [6.45, 7) is 2.15. The van der Waals surface area contributed by atoms with Gasteiger partial charge in [-0.05, 0) is 53.1 Å². The summed E-state index contributed by atoms with van der Waals surface area (Å²) in [6, 6.07) is 33.5. The maximum atomic E-state index is 6.40. The maximum absolute atomic E-state index is 6.40. The van der Waals surface area contributed by atoms with E-state index in [1.165, 1.54) is 11.1 Å². The molecular weight excluding hydrogens is 388 g/mol. The van der Waals surface area contributed by atoms with Gasteiger partial charge in [-0.3, -0.25) is 4.57 Å². The molecule has 0 aliphatic carbocycles. The van der Waals surface area contributed by atoms with Crippen LogP contribution in [0.15, 0.2) is 97.1 Å². The number of hydrogen-bond acceptors (Lipinski definition) is 1. The molecule has 0 fully saturated rings. The Morgan fingerprint density at radius 1 is 0.733 bits per heavy atom. The number of aromatic nitrogens is 2. The fraction of sp³-hybridized carbons (Fsp3) is 0.0741. The summed E-state index contributed by atoms with van der Waals surface area (Å²) in [6.07, 6.45) is 0.885. The molecule has 0 radical (unpaired) electrons. The minimum atomic E-state index is 0.768. The van der Waals surface area contributed by atoms with E-state index in [9.17, 15) is 0 Å². The summed E-state index contributed by atoms with van der Waals surface area (Å²) in [5.74, 6) is 1.07. The van der Waals surface area contributed by atoms with Gasteiger partial charge >= 0.3 is 0 Å². The molecule has 30 heavy (non-hydrogen) atoms. The van der Waals surface area contributed by atoms with Crippen LogP contribution < -0.4 is 0 Å². The van der Waals surface area contributed by atoms with Gasteiger partial charge in [-0.1, -0.05) is 79.2 Å². The van der Waals surface area contributed by atoms with Crippen molar-refractivity contribution in [3.63, 3.8) is 0 Å². The number of aryl methyl sites for hydroxylation is 1. The summed E-state index contributed by atoms with van der Waals surface area (Å²) < 4.78 is 2.25. The Morgan fingerprint density at radius 2 is 1.47 bits per heavy atom. The molecule has 4 aromatic carbocycles. The zero-order valence-corrected chi connectivity index (χ0v) is 17.5. The second-order valence-corrected chi connectivity index (χ2v) is 7.72. The molecule has 2 nitrogen and oxygen atoms in total. The number of imidazole rings is 1. The summed E-state index contributed by atoms with van der Waals surface area (Å²) in [5, 5.41) is 0.768. The number of rotatable bonds is 4. The van der Waals surface area contributed by atoms with Crippen molar-refractivity contribution in [1.82, 2.24) is 9.55 Å². The first kappa shape index (κ1) is 18.7. The molecule has 146 valence electrons. The molecule has 0 N–H and O–H groups in total. The van der Waals surface area contributed by atoms with Crippen molar-refractivity contribution >= 4 is 22.6 Å². The Kier molecular flexibility index (Phi) is 4.86. The quantitative estimate of drug-likeness (QED) is 0.299. The third kappa shape index (κ3) is 3.30. The highest BCUT2D eigenvalue weighted by Crippen LogP contribution is 2.31. The number of halogens is 1. The van der Waals surface area contributed by atoms with Crippen LogP contribution in [0.4, 0.5) is 0 Å². The van der Waals surface area contributed by atoms with E-state index in [0.717, 1.165) is 45.1 Å². The third-order valence-corrected chi connectivity index (χ3v) is 5.78. The average Bonchev–Trinajstić information content (AvgIpc) is 3.18. The van der Waals surface area contributed by atoms with Gasteiger partial charge in [-0.15, -0.1) is 0 Å². The molecule has 0 spiro atoms. The SMILES string of the molecule is CCc1nc2ccccc2n1-c1ccc(-c2cccc(-c3ccccc3Cl)c2)cc1. The van der Waals surface area contributed by atoms with Crippen molar-refractivity contribution < 1.29 is 0 Å². The molecule has 0 amide bonds. The highest BCUT2D eigenvalue weighted by Gasteiger charge is 2.11. The van der Waals surface area contributed by atoms with Crippen LogP contribution >= 0.6 is 11.6 Å². The van der Waals surface area contributed by atoms with E-state index in [4.69, 9.17) is 16.6 Å². The summed E-state index contributed by atoms with van der Waals surface area (Å²) in [4.78, 5) is 4.79. The summed E-state index contributed by atoms with van der Waals surface area (Å²) in [5.41, 5.74) is 7.83. The lowest BCUT2D eigenvalue weighted by molar-refractivity contribution is 0.908. The highest BCUT2D eigenvalue weighted by molar-refractivity contribution is 6.33.